The van der Waals surface area contributed by atoms with Crippen LogP contribution in [0.1, 0.15) is 33.6 Å². The molecule has 0 aliphatic carbocycles. The lowest BCUT2D eigenvalue weighted by Gasteiger charge is -2.08. The van der Waals surface area contributed by atoms with Gasteiger partial charge in [-0.1, -0.05) is 6.92 Å². The number of carboxylic acid groups (broad SMARTS) is 1. The number of allylic oxidation sites excluding steroid dienone is 1. The maximum Gasteiger partial charge on any atom is 0.334 e. The number of carboxylic acids is 1. The van der Waals surface area contributed by atoms with E-state index in [0.29, 0.717) is 24.4 Å². The Hall–Kier alpha value is -0.990. The van der Waals surface area contributed by atoms with Crippen LogP contribution in [0.4, 0.5) is 0 Å². The Morgan fingerprint density at radius 2 is 2.00 bits per heavy atom. The predicted octanol–water partition coefficient (Wildman–Crippen LogP) is 2.18. The van der Waals surface area contributed by atoms with Crippen molar-refractivity contribution in [3.05, 3.63) is 11.3 Å². The Morgan fingerprint density at radius 1 is 1.42 bits per heavy atom. The molecule has 0 aromatic heterocycles. The quantitative estimate of drug-likeness (QED) is 0.510. The summed E-state index contributed by atoms with van der Waals surface area (Å²) < 4.78 is 5.20. The second-order valence-electron chi connectivity index (χ2n) is 2.54. The van der Waals surface area contributed by atoms with Gasteiger partial charge in [0.05, 0.1) is 12.2 Å². The molecule has 0 spiro atoms. The molecule has 0 aliphatic heterocycles. The first kappa shape index (κ1) is 11.0. The standard InChI is InChI=1S/C9H16O3/c1-4-6-8(12-5-2)7(3)9(10)11/h4-6H2,1-3H3,(H,10,11)/b8-7+. The Morgan fingerprint density at radius 3 is 2.33 bits per heavy atom. The van der Waals surface area contributed by atoms with Crippen molar-refractivity contribution >= 4 is 5.97 Å². The summed E-state index contributed by atoms with van der Waals surface area (Å²) in [6.07, 6.45) is 1.60. The largest absolute Gasteiger partial charge is 0.498 e. The van der Waals surface area contributed by atoms with Crippen molar-refractivity contribution in [2.45, 2.75) is 33.6 Å². The summed E-state index contributed by atoms with van der Waals surface area (Å²) >= 11 is 0. The van der Waals surface area contributed by atoms with E-state index in [-0.39, 0.29) is 0 Å². The van der Waals surface area contributed by atoms with Crippen LogP contribution in [-0.4, -0.2) is 17.7 Å². The molecule has 0 radical (unpaired) electrons. The fraction of sp³-hybridized carbons (Fsp3) is 0.667. The van der Waals surface area contributed by atoms with Crippen molar-refractivity contribution in [3.63, 3.8) is 0 Å². The maximum absolute atomic E-state index is 10.6. The van der Waals surface area contributed by atoms with Gasteiger partial charge < -0.3 is 9.84 Å². The first-order chi connectivity index (χ1) is 5.63. The molecule has 0 aromatic rings. The van der Waals surface area contributed by atoms with Gasteiger partial charge in [0.2, 0.25) is 0 Å². The van der Waals surface area contributed by atoms with Crippen LogP contribution in [0, 0.1) is 0 Å². The van der Waals surface area contributed by atoms with Crippen LogP contribution in [-0.2, 0) is 9.53 Å². The fourth-order valence-corrected chi connectivity index (χ4v) is 0.888. The zero-order chi connectivity index (χ0) is 9.56. The molecular formula is C9H16O3. The molecule has 0 fully saturated rings. The van der Waals surface area contributed by atoms with Gasteiger partial charge in [0.1, 0.15) is 5.76 Å². The molecule has 0 aromatic carbocycles. The van der Waals surface area contributed by atoms with E-state index in [2.05, 4.69) is 0 Å². The first-order valence-corrected chi connectivity index (χ1v) is 4.19. The number of hydrogen-bond acceptors (Lipinski definition) is 2. The summed E-state index contributed by atoms with van der Waals surface area (Å²) in [5.41, 5.74) is 0.318. The van der Waals surface area contributed by atoms with Crippen LogP contribution in [0.15, 0.2) is 11.3 Å². The molecule has 0 bridgehead atoms. The van der Waals surface area contributed by atoms with Gasteiger partial charge in [-0.25, -0.2) is 4.79 Å². The van der Waals surface area contributed by atoms with Crippen molar-refractivity contribution in [2.24, 2.45) is 0 Å². The monoisotopic (exact) mass is 172 g/mol. The molecule has 1 N–H and O–H groups in total. The van der Waals surface area contributed by atoms with Gasteiger partial charge in [0, 0.05) is 6.42 Å². The highest BCUT2D eigenvalue weighted by molar-refractivity contribution is 5.86. The minimum atomic E-state index is -0.896. The van der Waals surface area contributed by atoms with Crippen molar-refractivity contribution in [3.8, 4) is 0 Å². The second-order valence-corrected chi connectivity index (χ2v) is 2.54. The molecule has 0 atom stereocenters. The summed E-state index contributed by atoms with van der Waals surface area (Å²) in [5, 5.41) is 8.67. The van der Waals surface area contributed by atoms with Crippen LogP contribution < -0.4 is 0 Å². The summed E-state index contributed by atoms with van der Waals surface area (Å²) in [5.74, 6) is -0.292. The molecule has 0 heterocycles. The Kier molecular flexibility index (Phi) is 5.17. The lowest BCUT2D eigenvalue weighted by molar-refractivity contribution is -0.132. The molecule has 0 rings (SSSR count). The third-order valence-electron chi connectivity index (χ3n) is 1.53. The van der Waals surface area contributed by atoms with Crippen LogP contribution in [0.25, 0.3) is 0 Å². The molecule has 0 amide bonds. The predicted molar refractivity (Wildman–Crippen MR) is 46.9 cm³/mol. The maximum atomic E-state index is 10.6. The summed E-state index contributed by atoms with van der Waals surface area (Å²) in [4.78, 5) is 10.6. The smallest absolute Gasteiger partial charge is 0.334 e. The summed E-state index contributed by atoms with van der Waals surface area (Å²) in [6.45, 7) is 5.95. The van der Waals surface area contributed by atoms with E-state index >= 15 is 0 Å². The molecule has 3 nitrogen and oxygen atoms in total. The SMILES string of the molecule is CCC/C(OCC)=C(/C)C(=O)O. The molecule has 0 saturated carbocycles. The molecule has 3 heteroatoms. The topological polar surface area (TPSA) is 46.5 Å². The van der Waals surface area contributed by atoms with Crippen LogP contribution in [0.2, 0.25) is 0 Å². The van der Waals surface area contributed by atoms with Gasteiger partial charge in [-0.2, -0.15) is 0 Å². The number of hydrogen-bond donors (Lipinski definition) is 1. The third-order valence-corrected chi connectivity index (χ3v) is 1.53. The molecule has 0 unspecified atom stereocenters. The number of carbonyl (C=O) groups is 1. The van der Waals surface area contributed by atoms with E-state index in [1.807, 2.05) is 13.8 Å². The Labute approximate surface area is 73.0 Å². The Balaban J connectivity index is 4.43. The second kappa shape index (κ2) is 5.63. The average Bonchev–Trinajstić information content (AvgIpc) is 2.03. The van der Waals surface area contributed by atoms with Crippen molar-refractivity contribution in [1.29, 1.82) is 0 Å². The van der Waals surface area contributed by atoms with Gasteiger partial charge in [-0.15, -0.1) is 0 Å². The van der Waals surface area contributed by atoms with E-state index in [1.54, 1.807) is 6.92 Å². The molecule has 70 valence electrons. The van der Waals surface area contributed by atoms with E-state index in [0.717, 1.165) is 6.42 Å². The van der Waals surface area contributed by atoms with Gasteiger partial charge >= 0.3 is 5.97 Å². The van der Waals surface area contributed by atoms with Crippen molar-refractivity contribution in [2.75, 3.05) is 6.61 Å². The normalized spacial score (nSPS) is 12.2. The molecule has 12 heavy (non-hydrogen) atoms. The van der Waals surface area contributed by atoms with Crippen molar-refractivity contribution < 1.29 is 14.6 Å². The highest BCUT2D eigenvalue weighted by Gasteiger charge is 2.08. The minimum Gasteiger partial charge on any atom is -0.498 e. The third kappa shape index (κ3) is 3.42. The van der Waals surface area contributed by atoms with Crippen LogP contribution in [0.5, 0.6) is 0 Å². The van der Waals surface area contributed by atoms with Gasteiger partial charge in [-0.05, 0) is 20.3 Å². The molecular weight excluding hydrogens is 156 g/mol. The Bertz CT molecular complexity index is 174. The highest BCUT2D eigenvalue weighted by atomic mass is 16.5. The zero-order valence-corrected chi connectivity index (χ0v) is 7.89. The van der Waals surface area contributed by atoms with Gasteiger partial charge in [-0.3, -0.25) is 0 Å². The molecule has 0 aliphatic rings. The van der Waals surface area contributed by atoms with E-state index in [9.17, 15) is 4.79 Å². The lowest BCUT2D eigenvalue weighted by atomic mass is 10.2. The van der Waals surface area contributed by atoms with Gasteiger partial charge in [0.15, 0.2) is 0 Å². The van der Waals surface area contributed by atoms with Crippen LogP contribution in [0.3, 0.4) is 0 Å². The summed E-state index contributed by atoms with van der Waals surface area (Å²) in [7, 11) is 0. The van der Waals surface area contributed by atoms with E-state index in [1.165, 1.54) is 0 Å². The summed E-state index contributed by atoms with van der Waals surface area (Å²) in [6, 6.07) is 0. The minimum absolute atomic E-state index is 0.318. The lowest BCUT2D eigenvalue weighted by Crippen LogP contribution is -2.04. The average molecular weight is 172 g/mol. The fourth-order valence-electron chi connectivity index (χ4n) is 0.888. The number of ether oxygens (including phenoxy) is 1. The van der Waals surface area contributed by atoms with Gasteiger partial charge in [0.25, 0.3) is 0 Å². The van der Waals surface area contributed by atoms with E-state index in [4.69, 9.17) is 9.84 Å². The zero-order valence-electron chi connectivity index (χ0n) is 7.89. The number of rotatable bonds is 5. The first-order valence-electron chi connectivity index (χ1n) is 4.19. The van der Waals surface area contributed by atoms with E-state index < -0.39 is 5.97 Å². The number of aliphatic carboxylic acids is 1. The highest BCUT2D eigenvalue weighted by Crippen LogP contribution is 2.12. The molecule has 0 saturated heterocycles. The van der Waals surface area contributed by atoms with Crippen LogP contribution >= 0.6 is 0 Å². The van der Waals surface area contributed by atoms with Crippen molar-refractivity contribution in [1.82, 2.24) is 0 Å².